The van der Waals surface area contributed by atoms with E-state index in [0.29, 0.717) is 35.6 Å². The molecule has 2 amide bonds. The Labute approximate surface area is 176 Å². The van der Waals surface area contributed by atoms with Crippen LogP contribution in [0.2, 0.25) is 0 Å². The van der Waals surface area contributed by atoms with Crippen LogP contribution >= 0.6 is 15.9 Å². The number of hydrogen-bond donors (Lipinski definition) is 0. The molecule has 1 saturated heterocycles. The second-order valence-electron chi connectivity index (χ2n) is 7.31. The predicted molar refractivity (Wildman–Crippen MR) is 112 cm³/mol. The number of morpholine rings is 1. The summed E-state index contributed by atoms with van der Waals surface area (Å²) >= 11 is 3.37. The molecule has 0 N–H and O–H groups in total. The van der Waals surface area contributed by atoms with Gasteiger partial charge >= 0.3 is 0 Å². The van der Waals surface area contributed by atoms with Crippen LogP contribution in [-0.2, 0) is 14.3 Å². The van der Waals surface area contributed by atoms with Crippen LogP contribution in [0.15, 0.2) is 58.7 Å². The van der Waals surface area contributed by atoms with Crippen molar-refractivity contribution in [1.29, 1.82) is 0 Å². The first-order valence-electron chi connectivity index (χ1n) is 9.40. The standard InChI is InChI=1S/C22H20BrFN2O3/c1-13-11-25(12-14(2)29-13)20-19(15-3-7-17(24)8-4-15)21(27)26(22(20)28)18-9-5-16(23)6-10-18/h3-10,13-14H,11-12H2,1-2H3. The molecule has 29 heavy (non-hydrogen) atoms. The first kappa shape index (κ1) is 19.8. The summed E-state index contributed by atoms with van der Waals surface area (Å²) < 4.78 is 20.1. The second-order valence-corrected chi connectivity index (χ2v) is 8.23. The highest BCUT2D eigenvalue weighted by atomic mass is 79.9. The molecule has 0 aromatic heterocycles. The number of anilines is 1. The number of benzene rings is 2. The third kappa shape index (κ3) is 3.72. The Bertz CT molecular complexity index is 978. The molecule has 0 saturated carbocycles. The Morgan fingerprint density at radius 1 is 0.931 bits per heavy atom. The fourth-order valence-corrected chi connectivity index (χ4v) is 4.14. The van der Waals surface area contributed by atoms with Crippen molar-refractivity contribution in [2.45, 2.75) is 26.1 Å². The van der Waals surface area contributed by atoms with Crippen molar-refractivity contribution in [3.63, 3.8) is 0 Å². The molecule has 2 aliphatic rings. The van der Waals surface area contributed by atoms with Crippen LogP contribution in [0.1, 0.15) is 19.4 Å². The number of nitrogens with zero attached hydrogens (tertiary/aromatic N) is 2. The minimum Gasteiger partial charge on any atom is -0.372 e. The molecular weight excluding hydrogens is 439 g/mol. The van der Waals surface area contributed by atoms with E-state index < -0.39 is 11.7 Å². The molecule has 0 spiro atoms. The third-order valence-electron chi connectivity index (χ3n) is 5.01. The Kier molecular flexibility index (Phi) is 5.27. The van der Waals surface area contributed by atoms with Gasteiger partial charge in [-0.05, 0) is 55.8 Å². The van der Waals surface area contributed by atoms with E-state index in [4.69, 9.17) is 4.74 Å². The molecule has 2 aliphatic heterocycles. The predicted octanol–water partition coefficient (Wildman–Crippen LogP) is 3.98. The van der Waals surface area contributed by atoms with Crippen LogP contribution in [0.25, 0.3) is 5.57 Å². The molecule has 0 bridgehead atoms. The largest absolute Gasteiger partial charge is 0.372 e. The molecule has 0 radical (unpaired) electrons. The first-order chi connectivity index (χ1) is 13.8. The van der Waals surface area contributed by atoms with Crippen molar-refractivity contribution in [2.24, 2.45) is 0 Å². The Morgan fingerprint density at radius 3 is 2.10 bits per heavy atom. The fourth-order valence-electron chi connectivity index (χ4n) is 3.87. The van der Waals surface area contributed by atoms with Gasteiger partial charge in [-0.3, -0.25) is 9.59 Å². The smallest absolute Gasteiger partial charge is 0.282 e. The van der Waals surface area contributed by atoms with E-state index in [0.717, 1.165) is 4.47 Å². The van der Waals surface area contributed by atoms with Gasteiger partial charge in [-0.2, -0.15) is 0 Å². The van der Waals surface area contributed by atoms with Gasteiger partial charge in [0.1, 0.15) is 11.5 Å². The number of halogens is 2. The van der Waals surface area contributed by atoms with Crippen molar-refractivity contribution in [3.8, 4) is 0 Å². The highest BCUT2D eigenvalue weighted by Crippen LogP contribution is 2.36. The Hall–Kier alpha value is -2.51. The van der Waals surface area contributed by atoms with E-state index in [-0.39, 0.29) is 18.1 Å². The van der Waals surface area contributed by atoms with E-state index in [1.807, 2.05) is 18.7 Å². The molecule has 0 aliphatic carbocycles. The lowest BCUT2D eigenvalue weighted by Crippen LogP contribution is -2.47. The first-order valence-corrected chi connectivity index (χ1v) is 10.2. The number of imide groups is 1. The zero-order valence-electron chi connectivity index (χ0n) is 16.1. The van der Waals surface area contributed by atoms with E-state index in [1.165, 1.54) is 29.2 Å². The number of ether oxygens (including phenoxy) is 1. The maximum absolute atomic E-state index is 13.5. The monoisotopic (exact) mass is 458 g/mol. The zero-order chi connectivity index (χ0) is 20.7. The molecule has 1 fully saturated rings. The second kappa shape index (κ2) is 7.72. The lowest BCUT2D eigenvalue weighted by molar-refractivity contribution is -0.121. The summed E-state index contributed by atoms with van der Waals surface area (Å²) in [5.41, 5.74) is 1.64. The van der Waals surface area contributed by atoms with Crippen molar-refractivity contribution >= 4 is 39.0 Å². The summed E-state index contributed by atoms with van der Waals surface area (Å²) in [6.07, 6.45) is -0.157. The van der Waals surface area contributed by atoms with E-state index in [9.17, 15) is 14.0 Å². The molecule has 2 aromatic rings. The minimum atomic E-state index is -0.411. The molecule has 2 aromatic carbocycles. The molecule has 5 nitrogen and oxygen atoms in total. The van der Waals surface area contributed by atoms with E-state index in [1.54, 1.807) is 24.3 Å². The van der Waals surface area contributed by atoms with Gasteiger partial charge in [0.15, 0.2) is 0 Å². The molecule has 7 heteroatoms. The number of carbonyl (C=O) groups is 2. The van der Waals surface area contributed by atoms with Crippen LogP contribution in [0.5, 0.6) is 0 Å². The van der Waals surface area contributed by atoms with Gasteiger partial charge < -0.3 is 9.64 Å². The van der Waals surface area contributed by atoms with Gasteiger partial charge in [-0.15, -0.1) is 0 Å². The number of rotatable bonds is 3. The summed E-state index contributed by atoms with van der Waals surface area (Å²) in [5, 5.41) is 0. The Morgan fingerprint density at radius 2 is 1.52 bits per heavy atom. The topological polar surface area (TPSA) is 49.9 Å². The van der Waals surface area contributed by atoms with Gasteiger partial charge in [0.2, 0.25) is 0 Å². The van der Waals surface area contributed by atoms with E-state index >= 15 is 0 Å². The third-order valence-corrected chi connectivity index (χ3v) is 5.54. The zero-order valence-corrected chi connectivity index (χ0v) is 17.6. The SMILES string of the molecule is CC1CN(C2=C(c3ccc(F)cc3)C(=O)N(c3ccc(Br)cc3)C2=O)CC(C)O1. The molecular formula is C22H20BrFN2O3. The maximum atomic E-state index is 13.5. The van der Waals surface area contributed by atoms with Gasteiger partial charge in [-0.25, -0.2) is 9.29 Å². The average Bonchev–Trinajstić information content (AvgIpc) is 2.93. The summed E-state index contributed by atoms with van der Waals surface area (Å²) in [6.45, 7) is 4.87. The highest BCUT2D eigenvalue weighted by Gasteiger charge is 2.43. The summed E-state index contributed by atoms with van der Waals surface area (Å²) in [7, 11) is 0. The molecule has 150 valence electrons. The Balaban J connectivity index is 1.82. The number of hydrogen-bond acceptors (Lipinski definition) is 4. The van der Waals surface area contributed by atoms with Crippen molar-refractivity contribution in [2.75, 3.05) is 18.0 Å². The van der Waals surface area contributed by atoms with Crippen LogP contribution in [0.4, 0.5) is 10.1 Å². The quantitative estimate of drug-likeness (QED) is 0.652. The number of carbonyl (C=O) groups excluding carboxylic acids is 2. The molecule has 4 rings (SSSR count). The van der Waals surface area contributed by atoms with Crippen molar-refractivity contribution in [1.82, 2.24) is 4.90 Å². The normalized spacial score (nSPS) is 22.6. The lowest BCUT2D eigenvalue weighted by atomic mass is 10.0. The van der Waals surface area contributed by atoms with E-state index in [2.05, 4.69) is 15.9 Å². The molecule has 2 atom stereocenters. The van der Waals surface area contributed by atoms with Gasteiger partial charge in [0, 0.05) is 17.6 Å². The van der Waals surface area contributed by atoms with Crippen molar-refractivity contribution in [3.05, 3.63) is 70.1 Å². The van der Waals surface area contributed by atoms with Crippen LogP contribution < -0.4 is 4.90 Å². The van der Waals surface area contributed by atoms with Gasteiger partial charge in [0.05, 0.1) is 23.5 Å². The maximum Gasteiger partial charge on any atom is 0.282 e. The minimum absolute atomic E-state index is 0.0784. The summed E-state index contributed by atoms with van der Waals surface area (Å²) in [5.74, 6) is -1.19. The summed E-state index contributed by atoms with van der Waals surface area (Å²) in [6, 6.07) is 12.7. The lowest BCUT2D eigenvalue weighted by Gasteiger charge is -2.37. The van der Waals surface area contributed by atoms with Crippen molar-refractivity contribution < 1.29 is 18.7 Å². The van der Waals surface area contributed by atoms with Crippen LogP contribution in [-0.4, -0.2) is 42.0 Å². The average molecular weight is 459 g/mol. The molecule has 2 heterocycles. The summed E-state index contributed by atoms with van der Waals surface area (Å²) in [4.78, 5) is 29.9. The van der Waals surface area contributed by atoms with Crippen LogP contribution in [0, 0.1) is 5.82 Å². The van der Waals surface area contributed by atoms with Crippen LogP contribution in [0.3, 0.4) is 0 Å². The fraction of sp³-hybridized carbons (Fsp3) is 0.273. The highest BCUT2D eigenvalue weighted by molar-refractivity contribution is 9.10. The van der Waals surface area contributed by atoms with Gasteiger partial charge in [-0.1, -0.05) is 28.1 Å². The molecule has 2 unspecified atom stereocenters. The van der Waals surface area contributed by atoms with Gasteiger partial charge in [0.25, 0.3) is 11.8 Å². The number of amides is 2.